The molecular formula is C21H27NO2. The van der Waals surface area contributed by atoms with Crippen LogP contribution in [0.1, 0.15) is 36.8 Å². The molecule has 0 spiro atoms. The minimum atomic E-state index is -0.139. The SMILES string of the molecule is C=C/C=C(\C=C)c1ccc(C2(CCC(=O)OC)CCCNC2)cc1. The number of methoxy groups -OCH3 is 1. The van der Waals surface area contributed by atoms with Gasteiger partial charge in [0.05, 0.1) is 7.11 Å². The minimum absolute atomic E-state index is 0.00145. The molecule has 1 atom stereocenters. The Labute approximate surface area is 145 Å². The Hall–Kier alpha value is -2.13. The molecule has 3 heteroatoms. The highest BCUT2D eigenvalue weighted by Crippen LogP contribution is 2.36. The Balaban J connectivity index is 2.26. The number of benzene rings is 1. The number of allylic oxidation sites excluding steroid dienone is 4. The third-order valence-corrected chi connectivity index (χ3v) is 4.86. The summed E-state index contributed by atoms with van der Waals surface area (Å²) in [6.07, 6.45) is 9.04. The van der Waals surface area contributed by atoms with Crippen molar-refractivity contribution in [1.29, 1.82) is 0 Å². The van der Waals surface area contributed by atoms with Crippen molar-refractivity contribution >= 4 is 11.5 Å². The van der Waals surface area contributed by atoms with E-state index in [0.29, 0.717) is 6.42 Å². The van der Waals surface area contributed by atoms with Crippen LogP contribution in [0.5, 0.6) is 0 Å². The van der Waals surface area contributed by atoms with Gasteiger partial charge in [-0.3, -0.25) is 4.79 Å². The first-order chi connectivity index (χ1) is 11.6. The summed E-state index contributed by atoms with van der Waals surface area (Å²) in [6, 6.07) is 8.61. The zero-order chi connectivity index (χ0) is 17.4. The molecule has 0 aliphatic carbocycles. The molecular weight excluding hydrogens is 298 g/mol. The van der Waals surface area contributed by atoms with Crippen molar-refractivity contribution in [1.82, 2.24) is 5.32 Å². The molecule has 0 amide bonds. The maximum atomic E-state index is 11.6. The smallest absolute Gasteiger partial charge is 0.305 e. The van der Waals surface area contributed by atoms with Crippen molar-refractivity contribution in [3.8, 4) is 0 Å². The standard InChI is InChI=1S/C21H27NO2/c1-4-7-17(5-2)18-8-10-19(11-9-18)21(13-6-15-22-16-21)14-12-20(23)24-3/h4-5,7-11,22H,1-2,6,12-16H2,3H3/b17-7+. The predicted molar refractivity (Wildman–Crippen MR) is 99.8 cm³/mol. The van der Waals surface area contributed by atoms with Crippen LogP contribution in [-0.2, 0) is 14.9 Å². The maximum absolute atomic E-state index is 11.6. The van der Waals surface area contributed by atoms with Crippen molar-refractivity contribution < 1.29 is 9.53 Å². The van der Waals surface area contributed by atoms with Gasteiger partial charge in [-0.15, -0.1) is 0 Å². The normalized spacial score (nSPS) is 21.1. The molecule has 1 fully saturated rings. The lowest BCUT2D eigenvalue weighted by atomic mass is 9.71. The molecule has 1 N–H and O–H groups in total. The average molecular weight is 325 g/mol. The first kappa shape index (κ1) is 18.2. The summed E-state index contributed by atoms with van der Waals surface area (Å²) < 4.78 is 4.83. The van der Waals surface area contributed by atoms with Crippen LogP contribution < -0.4 is 5.32 Å². The summed E-state index contributed by atoms with van der Waals surface area (Å²) >= 11 is 0. The van der Waals surface area contributed by atoms with Crippen LogP contribution >= 0.6 is 0 Å². The van der Waals surface area contributed by atoms with E-state index in [2.05, 4.69) is 42.7 Å². The molecule has 0 bridgehead atoms. The van der Waals surface area contributed by atoms with E-state index in [4.69, 9.17) is 4.74 Å². The largest absolute Gasteiger partial charge is 0.469 e. The van der Waals surface area contributed by atoms with E-state index in [1.165, 1.54) is 12.7 Å². The summed E-state index contributed by atoms with van der Waals surface area (Å²) in [5.74, 6) is -0.139. The highest BCUT2D eigenvalue weighted by Gasteiger charge is 2.34. The lowest BCUT2D eigenvalue weighted by Gasteiger charge is -2.38. The molecule has 0 radical (unpaired) electrons. The van der Waals surface area contributed by atoms with Gasteiger partial charge in [-0.1, -0.05) is 55.7 Å². The molecule has 1 aliphatic rings. The third kappa shape index (κ3) is 4.24. The second-order valence-electron chi connectivity index (χ2n) is 6.28. The van der Waals surface area contributed by atoms with Gasteiger partial charge in [0, 0.05) is 18.4 Å². The molecule has 2 rings (SSSR count). The number of hydrogen-bond acceptors (Lipinski definition) is 3. The molecule has 24 heavy (non-hydrogen) atoms. The van der Waals surface area contributed by atoms with Gasteiger partial charge in [-0.2, -0.15) is 0 Å². The van der Waals surface area contributed by atoms with Crippen molar-refractivity contribution in [2.45, 2.75) is 31.1 Å². The number of hydrogen-bond donors (Lipinski definition) is 1. The number of carbonyl (C=O) groups excluding carboxylic acids is 1. The Morgan fingerprint density at radius 3 is 2.62 bits per heavy atom. The third-order valence-electron chi connectivity index (χ3n) is 4.86. The zero-order valence-corrected chi connectivity index (χ0v) is 14.5. The van der Waals surface area contributed by atoms with Crippen molar-refractivity contribution in [2.75, 3.05) is 20.2 Å². The number of esters is 1. The molecule has 1 heterocycles. The van der Waals surface area contributed by atoms with Gasteiger partial charge in [0.2, 0.25) is 0 Å². The second kappa shape index (κ2) is 8.65. The quantitative estimate of drug-likeness (QED) is 0.608. The maximum Gasteiger partial charge on any atom is 0.305 e. The molecule has 0 saturated carbocycles. The van der Waals surface area contributed by atoms with E-state index >= 15 is 0 Å². The molecule has 1 aromatic carbocycles. The van der Waals surface area contributed by atoms with Crippen LogP contribution in [0.2, 0.25) is 0 Å². The fourth-order valence-corrected chi connectivity index (χ4v) is 3.44. The lowest BCUT2D eigenvalue weighted by molar-refractivity contribution is -0.141. The summed E-state index contributed by atoms with van der Waals surface area (Å²) in [6.45, 7) is 9.56. The van der Waals surface area contributed by atoms with Gasteiger partial charge < -0.3 is 10.1 Å². The zero-order valence-electron chi connectivity index (χ0n) is 14.5. The van der Waals surface area contributed by atoms with Crippen LogP contribution in [0.25, 0.3) is 5.57 Å². The number of piperidine rings is 1. The summed E-state index contributed by atoms with van der Waals surface area (Å²) in [5, 5.41) is 3.49. The van der Waals surface area contributed by atoms with Crippen LogP contribution in [0.4, 0.5) is 0 Å². The van der Waals surface area contributed by atoms with Crippen LogP contribution in [0.3, 0.4) is 0 Å². The second-order valence-corrected chi connectivity index (χ2v) is 6.28. The first-order valence-corrected chi connectivity index (χ1v) is 8.49. The lowest BCUT2D eigenvalue weighted by Crippen LogP contribution is -2.43. The average Bonchev–Trinajstić information content (AvgIpc) is 2.65. The van der Waals surface area contributed by atoms with Gasteiger partial charge in [0.1, 0.15) is 0 Å². The molecule has 1 aromatic rings. The molecule has 1 aliphatic heterocycles. The Morgan fingerprint density at radius 2 is 2.08 bits per heavy atom. The highest BCUT2D eigenvalue weighted by molar-refractivity contribution is 5.74. The van der Waals surface area contributed by atoms with E-state index < -0.39 is 0 Å². The van der Waals surface area contributed by atoms with E-state index in [1.807, 2.05) is 12.2 Å². The van der Waals surface area contributed by atoms with Crippen LogP contribution in [-0.4, -0.2) is 26.2 Å². The van der Waals surface area contributed by atoms with Crippen LogP contribution in [0, 0.1) is 0 Å². The Bertz CT molecular complexity index is 607. The van der Waals surface area contributed by atoms with E-state index in [9.17, 15) is 4.79 Å². The Kier molecular flexibility index (Phi) is 6.56. The number of carbonyl (C=O) groups is 1. The van der Waals surface area contributed by atoms with Gasteiger partial charge in [-0.05, 0) is 42.5 Å². The van der Waals surface area contributed by atoms with Gasteiger partial charge in [-0.25, -0.2) is 0 Å². The fourth-order valence-electron chi connectivity index (χ4n) is 3.44. The summed E-state index contributed by atoms with van der Waals surface area (Å²) in [5.41, 5.74) is 3.47. The van der Waals surface area contributed by atoms with Crippen molar-refractivity contribution in [2.24, 2.45) is 0 Å². The number of rotatable bonds is 7. The van der Waals surface area contributed by atoms with E-state index in [1.54, 1.807) is 6.08 Å². The molecule has 1 unspecified atom stereocenters. The minimum Gasteiger partial charge on any atom is -0.469 e. The van der Waals surface area contributed by atoms with Crippen molar-refractivity contribution in [3.05, 3.63) is 66.8 Å². The van der Waals surface area contributed by atoms with Gasteiger partial charge in [0.15, 0.2) is 0 Å². The van der Waals surface area contributed by atoms with Crippen molar-refractivity contribution in [3.63, 3.8) is 0 Å². The molecule has 128 valence electrons. The topological polar surface area (TPSA) is 38.3 Å². The highest BCUT2D eigenvalue weighted by atomic mass is 16.5. The Morgan fingerprint density at radius 1 is 1.33 bits per heavy atom. The summed E-state index contributed by atoms with van der Waals surface area (Å²) in [7, 11) is 1.45. The van der Waals surface area contributed by atoms with E-state index in [0.717, 1.165) is 43.5 Å². The number of ether oxygens (including phenoxy) is 1. The van der Waals surface area contributed by atoms with Gasteiger partial charge in [0.25, 0.3) is 0 Å². The number of nitrogens with one attached hydrogen (secondary N) is 1. The molecule has 1 saturated heterocycles. The van der Waals surface area contributed by atoms with Gasteiger partial charge >= 0.3 is 5.97 Å². The van der Waals surface area contributed by atoms with E-state index in [-0.39, 0.29) is 11.4 Å². The monoisotopic (exact) mass is 325 g/mol. The predicted octanol–water partition coefficient (Wildman–Crippen LogP) is 4.02. The molecule has 3 nitrogen and oxygen atoms in total. The first-order valence-electron chi connectivity index (χ1n) is 8.49. The molecule has 0 aromatic heterocycles. The fraction of sp³-hybridized carbons (Fsp3) is 0.381. The van der Waals surface area contributed by atoms with Crippen LogP contribution in [0.15, 0.2) is 55.7 Å². The summed E-state index contributed by atoms with van der Waals surface area (Å²) in [4.78, 5) is 11.6.